The average Bonchev–Trinajstić information content (AvgIpc) is 2.55. The van der Waals surface area contributed by atoms with Gasteiger partial charge in [0, 0.05) is 6.04 Å². The number of hydrogen-bond donors (Lipinski definition) is 2. The van der Waals surface area contributed by atoms with Gasteiger partial charge in [0.25, 0.3) is 0 Å². The van der Waals surface area contributed by atoms with Crippen molar-refractivity contribution in [2.24, 2.45) is 5.92 Å². The van der Waals surface area contributed by atoms with Gasteiger partial charge in [-0.1, -0.05) is 42.5 Å². The second-order valence-electron chi connectivity index (χ2n) is 6.31. The van der Waals surface area contributed by atoms with E-state index in [0.717, 1.165) is 23.8 Å². The van der Waals surface area contributed by atoms with Crippen molar-refractivity contribution in [3.63, 3.8) is 0 Å². The quantitative estimate of drug-likeness (QED) is 0.911. The molecule has 0 saturated heterocycles. The molecule has 1 aliphatic carbocycles. The highest BCUT2D eigenvalue weighted by atomic mass is 16.4. The maximum atomic E-state index is 12.2. The summed E-state index contributed by atoms with van der Waals surface area (Å²) in [5.74, 6) is -0.950. The zero-order chi connectivity index (χ0) is 16.2. The Balaban J connectivity index is 1.55. The number of carboxylic acids is 1. The molecular weight excluding hydrogens is 290 g/mol. The molecule has 0 radical (unpaired) electrons. The molecular formula is C19H21NO3. The second kappa shape index (κ2) is 6.82. The highest BCUT2D eigenvalue weighted by Crippen LogP contribution is 2.24. The Morgan fingerprint density at radius 1 is 1.00 bits per heavy atom. The van der Waals surface area contributed by atoms with Crippen LogP contribution in [0.3, 0.4) is 0 Å². The van der Waals surface area contributed by atoms with Crippen molar-refractivity contribution in [3.8, 4) is 0 Å². The van der Waals surface area contributed by atoms with Gasteiger partial charge < -0.3 is 10.4 Å². The van der Waals surface area contributed by atoms with Crippen LogP contribution in [0.5, 0.6) is 0 Å². The van der Waals surface area contributed by atoms with E-state index in [1.807, 2.05) is 30.3 Å². The normalized spacial score (nSPS) is 21.0. The molecule has 3 rings (SSSR count). The third-order valence-electron chi connectivity index (χ3n) is 4.62. The molecule has 0 heterocycles. The summed E-state index contributed by atoms with van der Waals surface area (Å²) in [6.07, 6.45) is 3.16. The predicted molar refractivity (Wildman–Crippen MR) is 89.2 cm³/mol. The summed E-state index contributed by atoms with van der Waals surface area (Å²) in [5, 5.41) is 14.4. The Kier molecular flexibility index (Phi) is 4.60. The molecule has 1 fully saturated rings. The van der Waals surface area contributed by atoms with Gasteiger partial charge in [-0.05, 0) is 42.0 Å². The first-order valence-corrected chi connectivity index (χ1v) is 8.11. The Morgan fingerprint density at radius 2 is 1.70 bits per heavy atom. The Morgan fingerprint density at radius 3 is 2.39 bits per heavy atom. The summed E-state index contributed by atoms with van der Waals surface area (Å²) in [4.78, 5) is 23.1. The van der Waals surface area contributed by atoms with Gasteiger partial charge in [-0.25, -0.2) is 0 Å². The summed E-state index contributed by atoms with van der Waals surface area (Å²) in [5.41, 5.74) is 1.00. The lowest BCUT2D eigenvalue weighted by molar-refractivity contribution is -0.142. The van der Waals surface area contributed by atoms with Crippen LogP contribution in [0.2, 0.25) is 0 Å². The summed E-state index contributed by atoms with van der Waals surface area (Å²) in [6, 6.07) is 14.3. The first kappa shape index (κ1) is 15.5. The number of benzene rings is 2. The topological polar surface area (TPSA) is 66.4 Å². The van der Waals surface area contributed by atoms with E-state index in [2.05, 4.69) is 17.4 Å². The maximum Gasteiger partial charge on any atom is 0.306 e. The van der Waals surface area contributed by atoms with Crippen molar-refractivity contribution in [1.82, 2.24) is 5.32 Å². The van der Waals surface area contributed by atoms with Gasteiger partial charge in [0.05, 0.1) is 12.3 Å². The number of amides is 1. The lowest BCUT2D eigenvalue weighted by atomic mass is 9.86. The number of carboxylic acid groups (broad SMARTS) is 1. The SMILES string of the molecule is O=C(Cc1ccc2ccccc2c1)NC1CCC(C(=O)O)CC1. The zero-order valence-corrected chi connectivity index (χ0v) is 13.0. The first-order valence-electron chi connectivity index (χ1n) is 8.11. The number of rotatable bonds is 4. The molecule has 0 spiro atoms. The fourth-order valence-electron chi connectivity index (χ4n) is 3.30. The van der Waals surface area contributed by atoms with Crippen molar-refractivity contribution in [3.05, 3.63) is 48.0 Å². The van der Waals surface area contributed by atoms with E-state index in [1.54, 1.807) is 0 Å². The molecule has 23 heavy (non-hydrogen) atoms. The summed E-state index contributed by atoms with van der Waals surface area (Å²) in [6.45, 7) is 0. The standard InChI is InChI=1S/C19H21NO3/c21-18(20-17-9-7-15(8-10-17)19(22)23)12-13-5-6-14-3-1-2-4-16(14)11-13/h1-6,11,15,17H,7-10,12H2,(H,20,21)(H,22,23). The molecule has 0 aromatic heterocycles. The minimum absolute atomic E-state index is 0.0130. The highest BCUT2D eigenvalue weighted by Gasteiger charge is 2.26. The molecule has 2 N–H and O–H groups in total. The summed E-state index contributed by atoms with van der Waals surface area (Å²) < 4.78 is 0. The van der Waals surface area contributed by atoms with Crippen LogP contribution in [0.1, 0.15) is 31.2 Å². The molecule has 1 saturated carbocycles. The zero-order valence-electron chi connectivity index (χ0n) is 13.0. The second-order valence-corrected chi connectivity index (χ2v) is 6.31. The van der Waals surface area contributed by atoms with Crippen LogP contribution in [0.25, 0.3) is 10.8 Å². The number of carbonyl (C=O) groups is 2. The fraction of sp³-hybridized carbons (Fsp3) is 0.368. The lowest BCUT2D eigenvalue weighted by Crippen LogP contribution is -2.39. The molecule has 120 valence electrons. The third-order valence-corrected chi connectivity index (χ3v) is 4.62. The van der Waals surface area contributed by atoms with Crippen LogP contribution in [0, 0.1) is 5.92 Å². The van der Waals surface area contributed by atoms with E-state index < -0.39 is 5.97 Å². The van der Waals surface area contributed by atoms with E-state index >= 15 is 0 Å². The Hall–Kier alpha value is -2.36. The van der Waals surface area contributed by atoms with E-state index in [1.165, 1.54) is 5.39 Å². The van der Waals surface area contributed by atoms with E-state index in [-0.39, 0.29) is 17.9 Å². The van der Waals surface area contributed by atoms with Crippen LogP contribution in [0.15, 0.2) is 42.5 Å². The molecule has 0 atom stereocenters. The largest absolute Gasteiger partial charge is 0.481 e. The van der Waals surface area contributed by atoms with Crippen LogP contribution in [0.4, 0.5) is 0 Å². The van der Waals surface area contributed by atoms with Crippen LogP contribution >= 0.6 is 0 Å². The molecule has 2 aromatic rings. The molecule has 1 aliphatic rings. The van der Waals surface area contributed by atoms with Gasteiger partial charge >= 0.3 is 5.97 Å². The number of carbonyl (C=O) groups excluding carboxylic acids is 1. The van der Waals surface area contributed by atoms with Crippen molar-refractivity contribution < 1.29 is 14.7 Å². The van der Waals surface area contributed by atoms with Crippen LogP contribution < -0.4 is 5.32 Å². The number of nitrogens with one attached hydrogen (secondary N) is 1. The first-order chi connectivity index (χ1) is 11.1. The van der Waals surface area contributed by atoms with Crippen molar-refractivity contribution in [1.29, 1.82) is 0 Å². The van der Waals surface area contributed by atoms with Crippen molar-refractivity contribution in [2.75, 3.05) is 0 Å². The smallest absolute Gasteiger partial charge is 0.306 e. The molecule has 4 nitrogen and oxygen atoms in total. The van der Waals surface area contributed by atoms with Crippen molar-refractivity contribution in [2.45, 2.75) is 38.1 Å². The minimum Gasteiger partial charge on any atom is -0.481 e. The van der Waals surface area contributed by atoms with Crippen LogP contribution in [-0.4, -0.2) is 23.0 Å². The van der Waals surface area contributed by atoms with Crippen LogP contribution in [-0.2, 0) is 16.0 Å². The van der Waals surface area contributed by atoms with Gasteiger partial charge in [0.15, 0.2) is 0 Å². The molecule has 4 heteroatoms. The lowest BCUT2D eigenvalue weighted by Gasteiger charge is -2.26. The monoisotopic (exact) mass is 311 g/mol. The van der Waals surface area contributed by atoms with E-state index in [4.69, 9.17) is 5.11 Å². The van der Waals surface area contributed by atoms with Gasteiger partial charge in [-0.3, -0.25) is 9.59 Å². The molecule has 0 aliphatic heterocycles. The number of fused-ring (bicyclic) bond motifs is 1. The maximum absolute atomic E-state index is 12.2. The van der Waals surface area contributed by atoms with Gasteiger partial charge in [0.2, 0.25) is 5.91 Å². The minimum atomic E-state index is -0.717. The molecule has 0 bridgehead atoms. The summed E-state index contributed by atoms with van der Waals surface area (Å²) in [7, 11) is 0. The van der Waals surface area contributed by atoms with Crippen molar-refractivity contribution >= 4 is 22.6 Å². The predicted octanol–water partition coefficient (Wildman–Crippen LogP) is 3.14. The van der Waals surface area contributed by atoms with E-state index in [0.29, 0.717) is 19.3 Å². The molecule has 0 unspecified atom stereocenters. The molecule has 1 amide bonds. The average molecular weight is 311 g/mol. The van der Waals surface area contributed by atoms with Gasteiger partial charge in [-0.15, -0.1) is 0 Å². The number of aliphatic carboxylic acids is 1. The highest BCUT2D eigenvalue weighted by molar-refractivity contribution is 5.85. The molecule has 2 aromatic carbocycles. The summed E-state index contributed by atoms with van der Waals surface area (Å²) >= 11 is 0. The van der Waals surface area contributed by atoms with Gasteiger partial charge in [0.1, 0.15) is 0 Å². The Labute approximate surface area is 135 Å². The van der Waals surface area contributed by atoms with E-state index in [9.17, 15) is 9.59 Å². The number of hydrogen-bond acceptors (Lipinski definition) is 2. The Bertz CT molecular complexity index is 717. The fourth-order valence-corrected chi connectivity index (χ4v) is 3.30. The third kappa shape index (κ3) is 3.89. The van der Waals surface area contributed by atoms with Gasteiger partial charge in [-0.2, -0.15) is 0 Å².